The summed E-state index contributed by atoms with van der Waals surface area (Å²) in [6.45, 7) is 5.49. The fourth-order valence-electron chi connectivity index (χ4n) is 1.81. The van der Waals surface area contributed by atoms with Gasteiger partial charge in [-0.05, 0) is 18.8 Å². The molecule has 0 aliphatic heterocycles. The molecule has 0 atom stereocenters. The number of unbranched alkanes of at least 4 members (excludes halogenated alkanes) is 1. The smallest absolute Gasteiger partial charge is 0.360 e. The van der Waals surface area contributed by atoms with Gasteiger partial charge in [0.15, 0.2) is 5.69 Å². The van der Waals surface area contributed by atoms with E-state index in [9.17, 15) is 4.79 Å². The summed E-state index contributed by atoms with van der Waals surface area (Å²) in [6.07, 6.45) is 1.90. The van der Waals surface area contributed by atoms with Crippen molar-refractivity contribution in [1.29, 1.82) is 0 Å². The van der Waals surface area contributed by atoms with E-state index in [4.69, 9.17) is 9.47 Å². The zero-order chi connectivity index (χ0) is 13.5. The molecule has 102 valence electrons. The molecule has 0 bridgehead atoms. The molecule has 0 radical (unpaired) electrons. The van der Waals surface area contributed by atoms with E-state index in [1.165, 1.54) is 7.11 Å². The van der Waals surface area contributed by atoms with Crippen LogP contribution in [-0.2, 0) is 16.0 Å². The van der Waals surface area contributed by atoms with Crippen molar-refractivity contribution < 1.29 is 14.3 Å². The number of aryl methyl sites for hydroxylation is 1. The fraction of sp³-hybridized carbons (Fsp3) is 0.750. The predicted octanol–water partition coefficient (Wildman–Crippen LogP) is 1.61. The van der Waals surface area contributed by atoms with Crippen LogP contribution in [-0.4, -0.2) is 41.8 Å². The van der Waals surface area contributed by atoms with Crippen molar-refractivity contribution in [3.05, 3.63) is 11.4 Å². The maximum Gasteiger partial charge on any atom is 0.360 e. The molecule has 6 heteroatoms. The first kappa shape index (κ1) is 14.6. The first-order valence-electron chi connectivity index (χ1n) is 6.12. The highest BCUT2D eigenvalue weighted by Gasteiger charge is 2.22. The Morgan fingerprint density at radius 1 is 1.33 bits per heavy atom. The van der Waals surface area contributed by atoms with Crippen LogP contribution in [0.15, 0.2) is 0 Å². The van der Waals surface area contributed by atoms with Crippen LogP contribution in [0.2, 0.25) is 0 Å². The predicted molar refractivity (Wildman–Crippen MR) is 66.6 cm³/mol. The van der Waals surface area contributed by atoms with Crippen molar-refractivity contribution in [3.8, 4) is 0 Å². The van der Waals surface area contributed by atoms with Crippen LogP contribution >= 0.6 is 0 Å². The normalized spacial score (nSPS) is 10.9. The summed E-state index contributed by atoms with van der Waals surface area (Å²) in [4.78, 5) is 11.6. The van der Waals surface area contributed by atoms with Gasteiger partial charge in [0.1, 0.15) is 0 Å². The van der Waals surface area contributed by atoms with Crippen LogP contribution < -0.4 is 0 Å². The minimum absolute atomic E-state index is 0.177. The van der Waals surface area contributed by atoms with Gasteiger partial charge in [0.2, 0.25) is 0 Å². The van der Waals surface area contributed by atoms with Gasteiger partial charge in [-0.1, -0.05) is 19.1 Å². The zero-order valence-corrected chi connectivity index (χ0v) is 11.5. The number of rotatable bonds is 7. The second-order valence-corrected chi connectivity index (χ2v) is 4.39. The lowest BCUT2D eigenvalue weighted by Gasteiger charge is -2.10. The fourth-order valence-corrected chi connectivity index (χ4v) is 1.81. The Morgan fingerprint density at radius 2 is 2.06 bits per heavy atom. The minimum Gasteiger partial charge on any atom is -0.464 e. The highest BCUT2D eigenvalue weighted by molar-refractivity contribution is 5.88. The number of ether oxygens (including phenoxy) is 2. The van der Waals surface area contributed by atoms with Crippen molar-refractivity contribution in [2.75, 3.05) is 20.8 Å². The lowest BCUT2D eigenvalue weighted by molar-refractivity contribution is 0.0592. The lowest BCUT2D eigenvalue weighted by Crippen LogP contribution is -2.11. The summed E-state index contributed by atoms with van der Waals surface area (Å²) in [7, 11) is 3.04. The molecule has 0 aromatic carbocycles. The Morgan fingerprint density at radius 3 is 2.61 bits per heavy atom. The second-order valence-electron chi connectivity index (χ2n) is 4.39. The number of esters is 1. The molecule has 1 aromatic heterocycles. The summed E-state index contributed by atoms with van der Waals surface area (Å²) in [6, 6.07) is 0. The first-order valence-corrected chi connectivity index (χ1v) is 6.12. The molecular weight excluding hydrogens is 234 g/mol. The van der Waals surface area contributed by atoms with E-state index < -0.39 is 5.97 Å². The standard InChI is InChI=1S/C12H21N3O3/c1-9(2)11-10(12(16)18-4)13-14-15(11)7-5-6-8-17-3/h9H,5-8H2,1-4H3. The second kappa shape index (κ2) is 7.10. The Balaban J connectivity index is 2.79. The Hall–Kier alpha value is -1.43. The molecular formula is C12H21N3O3. The Labute approximate surface area is 107 Å². The minimum atomic E-state index is -0.429. The summed E-state index contributed by atoms with van der Waals surface area (Å²) in [5, 5.41) is 7.94. The Bertz CT molecular complexity index is 388. The van der Waals surface area contributed by atoms with Crippen molar-refractivity contribution >= 4 is 5.97 Å². The van der Waals surface area contributed by atoms with Crippen LogP contribution in [0.5, 0.6) is 0 Å². The van der Waals surface area contributed by atoms with Gasteiger partial charge in [0.05, 0.1) is 12.8 Å². The van der Waals surface area contributed by atoms with E-state index in [2.05, 4.69) is 10.3 Å². The summed E-state index contributed by atoms with van der Waals surface area (Å²) >= 11 is 0. The number of carbonyl (C=O) groups excluding carboxylic acids is 1. The maximum absolute atomic E-state index is 11.6. The van der Waals surface area contributed by atoms with E-state index in [0.717, 1.165) is 31.7 Å². The molecule has 0 aliphatic carbocycles. The molecule has 6 nitrogen and oxygen atoms in total. The quantitative estimate of drug-likeness (QED) is 0.547. The highest BCUT2D eigenvalue weighted by Crippen LogP contribution is 2.18. The van der Waals surface area contributed by atoms with Gasteiger partial charge in [-0.2, -0.15) is 0 Å². The van der Waals surface area contributed by atoms with Crippen LogP contribution in [0.25, 0.3) is 0 Å². The number of hydrogen-bond acceptors (Lipinski definition) is 5. The molecule has 18 heavy (non-hydrogen) atoms. The third-order valence-corrected chi connectivity index (χ3v) is 2.67. The van der Waals surface area contributed by atoms with Crippen molar-refractivity contribution in [1.82, 2.24) is 15.0 Å². The van der Waals surface area contributed by atoms with E-state index in [-0.39, 0.29) is 5.92 Å². The molecule has 1 rings (SSSR count). The summed E-state index contributed by atoms with van der Waals surface area (Å²) < 4.78 is 11.5. The molecule has 1 heterocycles. The van der Waals surface area contributed by atoms with Gasteiger partial charge in [-0.25, -0.2) is 9.48 Å². The number of nitrogens with zero attached hydrogens (tertiary/aromatic N) is 3. The van der Waals surface area contributed by atoms with Gasteiger partial charge in [-0.15, -0.1) is 5.10 Å². The van der Waals surface area contributed by atoms with Crippen molar-refractivity contribution in [2.24, 2.45) is 0 Å². The van der Waals surface area contributed by atoms with Crippen LogP contribution in [0.1, 0.15) is 48.8 Å². The monoisotopic (exact) mass is 255 g/mol. The van der Waals surface area contributed by atoms with Crippen LogP contribution in [0.3, 0.4) is 0 Å². The molecule has 0 saturated carbocycles. The van der Waals surface area contributed by atoms with E-state index in [0.29, 0.717) is 5.69 Å². The van der Waals surface area contributed by atoms with E-state index in [1.54, 1.807) is 11.8 Å². The number of carbonyl (C=O) groups is 1. The number of aromatic nitrogens is 3. The largest absolute Gasteiger partial charge is 0.464 e. The topological polar surface area (TPSA) is 66.2 Å². The molecule has 1 aromatic rings. The third-order valence-electron chi connectivity index (χ3n) is 2.67. The average molecular weight is 255 g/mol. The van der Waals surface area contributed by atoms with Crippen LogP contribution in [0.4, 0.5) is 0 Å². The van der Waals surface area contributed by atoms with Crippen molar-refractivity contribution in [3.63, 3.8) is 0 Å². The molecule has 0 fully saturated rings. The highest BCUT2D eigenvalue weighted by atomic mass is 16.5. The molecule has 0 amide bonds. The number of methoxy groups -OCH3 is 2. The Kier molecular flexibility index (Phi) is 5.77. The van der Waals surface area contributed by atoms with Gasteiger partial charge in [0.25, 0.3) is 0 Å². The van der Waals surface area contributed by atoms with E-state index >= 15 is 0 Å². The van der Waals surface area contributed by atoms with Gasteiger partial charge < -0.3 is 9.47 Å². The maximum atomic E-state index is 11.6. The van der Waals surface area contributed by atoms with Crippen LogP contribution in [0, 0.1) is 0 Å². The van der Waals surface area contributed by atoms with Gasteiger partial charge >= 0.3 is 5.97 Å². The van der Waals surface area contributed by atoms with Gasteiger partial charge in [-0.3, -0.25) is 0 Å². The van der Waals surface area contributed by atoms with Gasteiger partial charge in [0, 0.05) is 20.3 Å². The molecule has 0 spiro atoms. The molecule has 0 N–H and O–H groups in total. The summed E-state index contributed by atoms with van der Waals surface area (Å²) in [5.74, 6) is -0.252. The third kappa shape index (κ3) is 3.53. The molecule has 0 aliphatic rings. The zero-order valence-electron chi connectivity index (χ0n) is 11.5. The molecule has 0 saturated heterocycles. The average Bonchev–Trinajstić information content (AvgIpc) is 2.77. The number of hydrogen-bond donors (Lipinski definition) is 0. The van der Waals surface area contributed by atoms with Crippen molar-refractivity contribution in [2.45, 2.75) is 39.2 Å². The first-order chi connectivity index (χ1) is 8.61. The SMILES string of the molecule is COCCCCn1nnc(C(=O)OC)c1C(C)C. The lowest BCUT2D eigenvalue weighted by atomic mass is 10.1. The molecule has 0 unspecified atom stereocenters. The van der Waals surface area contributed by atoms with E-state index in [1.807, 2.05) is 13.8 Å². The summed E-state index contributed by atoms with van der Waals surface area (Å²) in [5.41, 5.74) is 1.15.